The zero-order chi connectivity index (χ0) is 17.1. The summed E-state index contributed by atoms with van der Waals surface area (Å²) in [6.07, 6.45) is 4.43. The van der Waals surface area contributed by atoms with Gasteiger partial charge < -0.3 is 5.32 Å². The van der Waals surface area contributed by atoms with E-state index in [0.717, 1.165) is 32.9 Å². The number of aromatic nitrogens is 2. The third-order valence-corrected chi connectivity index (χ3v) is 5.76. The Balaban J connectivity index is 1.67. The molecule has 2 aromatic heterocycles. The second-order valence-electron chi connectivity index (χ2n) is 5.51. The number of pyridine rings is 1. The van der Waals surface area contributed by atoms with Crippen LogP contribution in [0.15, 0.2) is 35.4 Å². The Kier molecular flexibility index (Phi) is 5.16. The summed E-state index contributed by atoms with van der Waals surface area (Å²) in [5.41, 5.74) is 2.60. The van der Waals surface area contributed by atoms with Crippen molar-refractivity contribution < 1.29 is 4.79 Å². The Hall–Kier alpha value is -1.92. The lowest BCUT2D eigenvalue weighted by Crippen LogP contribution is -2.25. The number of fused-ring (bicyclic) bond motifs is 1. The molecule has 124 valence electrons. The molecule has 0 aliphatic carbocycles. The zero-order valence-corrected chi connectivity index (χ0v) is 15.6. The molecule has 24 heavy (non-hydrogen) atoms. The monoisotopic (exact) mass is 357 g/mol. The molecular formula is C18H19N3OS2. The van der Waals surface area contributed by atoms with Crippen molar-refractivity contribution in [2.75, 3.05) is 12.8 Å². The molecular weight excluding hydrogens is 338 g/mol. The molecule has 2 heterocycles. The standard InChI is InChI=1S/C18H19N3OS2/c1-11-12(2)24-16(21-11)7-8-19-18(22)14-9-13-5-4-6-15(23-3)17(13)20-10-14/h4-6,9-10H,7-8H2,1-3H3,(H,19,22). The summed E-state index contributed by atoms with van der Waals surface area (Å²) in [5, 5.41) is 5.00. The average molecular weight is 358 g/mol. The summed E-state index contributed by atoms with van der Waals surface area (Å²) in [5.74, 6) is -0.0936. The van der Waals surface area contributed by atoms with E-state index in [9.17, 15) is 4.79 Å². The molecule has 6 heteroatoms. The molecule has 0 unspecified atom stereocenters. The van der Waals surface area contributed by atoms with Crippen LogP contribution in [0.3, 0.4) is 0 Å². The van der Waals surface area contributed by atoms with Crippen molar-refractivity contribution in [3.05, 3.63) is 51.6 Å². The van der Waals surface area contributed by atoms with E-state index < -0.39 is 0 Å². The highest BCUT2D eigenvalue weighted by atomic mass is 32.2. The molecule has 1 amide bonds. The van der Waals surface area contributed by atoms with Crippen LogP contribution in [0, 0.1) is 13.8 Å². The van der Waals surface area contributed by atoms with Gasteiger partial charge >= 0.3 is 0 Å². The van der Waals surface area contributed by atoms with E-state index >= 15 is 0 Å². The van der Waals surface area contributed by atoms with E-state index in [1.54, 1.807) is 29.3 Å². The van der Waals surface area contributed by atoms with Crippen molar-refractivity contribution in [3.63, 3.8) is 0 Å². The predicted molar refractivity (Wildman–Crippen MR) is 101 cm³/mol. The Bertz CT molecular complexity index is 870. The van der Waals surface area contributed by atoms with E-state index in [1.807, 2.05) is 37.4 Å². The van der Waals surface area contributed by atoms with Crippen molar-refractivity contribution in [2.45, 2.75) is 25.2 Å². The largest absolute Gasteiger partial charge is 0.352 e. The maximum Gasteiger partial charge on any atom is 0.252 e. The molecule has 3 aromatic rings. The van der Waals surface area contributed by atoms with Gasteiger partial charge in [0.2, 0.25) is 0 Å². The smallest absolute Gasteiger partial charge is 0.252 e. The lowest BCUT2D eigenvalue weighted by molar-refractivity contribution is 0.0954. The molecule has 0 spiro atoms. The number of carbonyl (C=O) groups excluding carboxylic acids is 1. The average Bonchev–Trinajstić information content (AvgIpc) is 2.91. The summed E-state index contributed by atoms with van der Waals surface area (Å²) >= 11 is 3.35. The Labute approximate surface area is 149 Å². The van der Waals surface area contributed by atoms with E-state index in [0.29, 0.717) is 12.1 Å². The molecule has 1 aromatic carbocycles. The van der Waals surface area contributed by atoms with Gasteiger partial charge in [0.1, 0.15) is 0 Å². The maximum atomic E-state index is 12.3. The second-order valence-corrected chi connectivity index (χ2v) is 7.65. The molecule has 0 atom stereocenters. The highest BCUT2D eigenvalue weighted by Crippen LogP contribution is 2.24. The highest BCUT2D eigenvalue weighted by Gasteiger charge is 2.09. The van der Waals surface area contributed by atoms with Crippen LogP contribution in [-0.2, 0) is 6.42 Å². The maximum absolute atomic E-state index is 12.3. The molecule has 0 saturated carbocycles. The number of thiazole rings is 1. The number of thioether (sulfide) groups is 1. The fourth-order valence-corrected chi connectivity index (χ4v) is 3.96. The topological polar surface area (TPSA) is 54.9 Å². The number of carbonyl (C=O) groups is 1. The molecule has 0 saturated heterocycles. The normalized spacial score (nSPS) is 11.0. The van der Waals surface area contributed by atoms with E-state index in [4.69, 9.17) is 0 Å². The summed E-state index contributed by atoms with van der Waals surface area (Å²) in [7, 11) is 0. The van der Waals surface area contributed by atoms with Crippen LogP contribution in [0.25, 0.3) is 10.9 Å². The van der Waals surface area contributed by atoms with Gasteiger partial charge in [-0.2, -0.15) is 0 Å². The lowest BCUT2D eigenvalue weighted by Gasteiger charge is -2.07. The Morgan fingerprint density at radius 2 is 2.17 bits per heavy atom. The Morgan fingerprint density at radius 3 is 2.88 bits per heavy atom. The number of hydrogen-bond donors (Lipinski definition) is 1. The molecule has 0 aliphatic rings. The van der Waals surface area contributed by atoms with Gasteiger partial charge in [0.25, 0.3) is 5.91 Å². The van der Waals surface area contributed by atoms with Gasteiger partial charge in [-0.3, -0.25) is 9.78 Å². The lowest BCUT2D eigenvalue weighted by atomic mass is 10.1. The van der Waals surface area contributed by atoms with Gasteiger partial charge in [0.05, 0.1) is 21.8 Å². The number of nitrogens with zero attached hydrogens (tertiary/aromatic N) is 2. The van der Waals surface area contributed by atoms with Crippen LogP contribution in [0.4, 0.5) is 0 Å². The summed E-state index contributed by atoms with van der Waals surface area (Å²) in [6.45, 7) is 4.66. The molecule has 1 N–H and O–H groups in total. The van der Waals surface area contributed by atoms with Gasteiger partial charge in [-0.05, 0) is 32.2 Å². The predicted octanol–water partition coefficient (Wildman–Crippen LogP) is 4.00. The number of nitrogens with one attached hydrogen (secondary N) is 1. The number of para-hydroxylation sites is 1. The quantitative estimate of drug-likeness (QED) is 0.701. The molecule has 3 rings (SSSR count). The van der Waals surface area contributed by atoms with Gasteiger partial charge in [0, 0.05) is 34.3 Å². The minimum atomic E-state index is -0.0936. The first-order chi connectivity index (χ1) is 11.6. The van der Waals surface area contributed by atoms with Crippen LogP contribution >= 0.6 is 23.1 Å². The van der Waals surface area contributed by atoms with Crippen LogP contribution in [-0.4, -0.2) is 28.7 Å². The Morgan fingerprint density at radius 1 is 1.33 bits per heavy atom. The van der Waals surface area contributed by atoms with E-state index in [2.05, 4.69) is 22.2 Å². The fraction of sp³-hybridized carbons (Fsp3) is 0.278. The number of hydrogen-bond acceptors (Lipinski definition) is 5. The minimum absolute atomic E-state index is 0.0936. The first-order valence-corrected chi connectivity index (χ1v) is 9.76. The summed E-state index contributed by atoms with van der Waals surface area (Å²) in [4.78, 5) is 23.6. The van der Waals surface area contributed by atoms with Crippen molar-refractivity contribution >= 4 is 39.9 Å². The number of aryl methyl sites for hydroxylation is 2. The fourth-order valence-electron chi connectivity index (χ4n) is 2.45. The molecule has 0 aliphatic heterocycles. The van der Waals surface area contributed by atoms with Crippen molar-refractivity contribution in [1.29, 1.82) is 0 Å². The third kappa shape index (κ3) is 3.60. The van der Waals surface area contributed by atoms with Crippen LogP contribution in [0.5, 0.6) is 0 Å². The minimum Gasteiger partial charge on any atom is -0.352 e. The van der Waals surface area contributed by atoms with E-state index in [-0.39, 0.29) is 5.91 Å². The van der Waals surface area contributed by atoms with E-state index in [1.165, 1.54) is 4.88 Å². The van der Waals surface area contributed by atoms with Gasteiger partial charge in [-0.1, -0.05) is 12.1 Å². The van der Waals surface area contributed by atoms with Crippen molar-refractivity contribution in [1.82, 2.24) is 15.3 Å². The van der Waals surface area contributed by atoms with Crippen LogP contribution in [0.1, 0.15) is 25.9 Å². The van der Waals surface area contributed by atoms with Crippen molar-refractivity contribution in [2.24, 2.45) is 0 Å². The number of rotatable bonds is 5. The van der Waals surface area contributed by atoms with Crippen LogP contribution < -0.4 is 5.32 Å². The first kappa shape index (κ1) is 16.9. The second kappa shape index (κ2) is 7.32. The SMILES string of the molecule is CSc1cccc2cc(C(=O)NCCc3nc(C)c(C)s3)cnc12. The number of amides is 1. The summed E-state index contributed by atoms with van der Waals surface area (Å²) in [6, 6.07) is 7.91. The molecule has 0 bridgehead atoms. The highest BCUT2D eigenvalue weighted by molar-refractivity contribution is 7.98. The first-order valence-electron chi connectivity index (χ1n) is 7.72. The summed E-state index contributed by atoms with van der Waals surface area (Å²) < 4.78 is 0. The van der Waals surface area contributed by atoms with Gasteiger partial charge in [-0.25, -0.2) is 4.98 Å². The number of benzene rings is 1. The van der Waals surface area contributed by atoms with Gasteiger partial charge in [0.15, 0.2) is 0 Å². The van der Waals surface area contributed by atoms with Crippen molar-refractivity contribution in [3.8, 4) is 0 Å². The van der Waals surface area contributed by atoms with Crippen LogP contribution in [0.2, 0.25) is 0 Å². The molecule has 4 nitrogen and oxygen atoms in total. The molecule has 0 radical (unpaired) electrons. The zero-order valence-electron chi connectivity index (χ0n) is 13.9. The van der Waals surface area contributed by atoms with Gasteiger partial charge in [-0.15, -0.1) is 23.1 Å². The third-order valence-electron chi connectivity index (χ3n) is 3.85. The molecule has 0 fully saturated rings.